The van der Waals surface area contributed by atoms with Crippen LogP contribution in [0, 0.1) is 13.8 Å². The number of aryl methyl sites for hydroxylation is 2. The number of hydrogen-bond acceptors (Lipinski definition) is 2. The van der Waals surface area contributed by atoms with Gasteiger partial charge in [-0.05, 0) is 56.1 Å². The van der Waals surface area contributed by atoms with E-state index < -0.39 is 0 Å². The monoisotopic (exact) mass is 280 g/mol. The highest BCUT2D eigenvalue weighted by Crippen LogP contribution is 2.16. The van der Waals surface area contributed by atoms with Crippen LogP contribution in [-0.2, 0) is 4.74 Å². The Bertz CT molecular complexity index is 421. The van der Waals surface area contributed by atoms with Gasteiger partial charge in [-0.2, -0.15) is 0 Å². The average Bonchev–Trinajstić information content (AvgIpc) is 2.38. The maximum atomic E-state index is 5.28. The molecule has 0 heterocycles. The van der Waals surface area contributed by atoms with E-state index in [1.54, 1.807) is 7.11 Å². The minimum Gasteiger partial charge on any atom is -0.385 e. The predicted octanol–water partition coefficient (Wildman–Crippen LogP) is 2.87. The van der Waals surface area contributed by atoms with E-state index in [4.69, 9.17) is 17.0 Å². The molecule has 2 N–H and O–H groups in total. The van der Waals surface area contributed by atoms with Crippen molar-refractivity contribution in [2.45, 2.75) is 33.2 Å². The van der Waals surface area contributed by atoms with Gasteiger partial charge in [0, 0.05) is 20.3 Å². The summed E-state index contributed by atoms with van der Waals surface area (Å²) in [6, 6.07) is 6.72. The van der Waals surface area contributed by atoms with E-state index in [1.165, 1.54) is 16.7 Å². The van der Waals surface area contributed by atoms with E-state index in [2.05, 4.69) is 49.6 Å². The topological polar surface area (TPSA) is 33.3 Å². The largest absolute Gasteiger partial charge is 0.385 e. The molecule has 0 spiro atoms. The summed E-state index contributed by atoms with van der Waals surface area (Å²) in [4.78, 5) is 0. The Kier molecular flexibility index (Phi) is 6.81. The van der Waals surface area contributed by atoms with Crippen LogP contribution in [0.1, 0.15) is 36.1 Å². The fourth-order valence-electron chi connectivity index (χ4n) is 1.78. The minimum absolute atomic E-state index is 0.210. The van der Waals surface area contributed by atoms with Crippen molar-refractivity contribution in [1.82, 2.24) is 10.6 Å². The molecule has 3 nitrogen and oxygen atoms in total. The van der Waals surface area contributed by atoms with Crippen molar-refractivity contribution in [3.05, 3.63) is 34.9 Å². The number of methoxy groups -OCH3 is 1. The van der Waals surface area contributed by atoms with E-state index in [1.807, 2.05) is 0 Å². The molecular formula is C15H24N2OS. The van der Waals surface area contributed by atoms with Crippen LogP contribution in [0.15, 0.2) is 18.2 Å². The smallest absolute Gasteiger partial charge is 0.166 e. The van der Waals surface area contributed by atoms with Gasteiger partial charge in [0.25, 0.3) is 0 Å². The Morgan fingerprint density at radius 3 is 2.68 bits per heavy atom. The number of thiocarbonyl (C=S) groups is 1. The van der Waals surface area contributed by atoms with Crippen LogP contribution in [0.2, 0.25) is 0 Å². The lowest BCUT2D eigenvalue weighted by molar-refractivity contribution is 0.195. The lowest BCUT2D eigenvalue weighted by Gasteiger charge is -2.18. The molecule has 1 aromatic rings. The van der Waals surface area contributed by atoms with Gasteiger partial charge in [0.15, 0.2) is 5.11 Å². The maximum Gasteiger partial charge on any atom is 0.166 e. The summed E-state index contributed by atoms with van der Waals surface area (Å²) in [5.41, 5.74) is 3.88. The van der Waals surface area contributed by atoms with E-state index in [9.17, 15) is 0 Å². The van der Waals surface area contributed by atoms with Crippen LogP contribution in [0.3, 0.4) is 0 Å². The van der Waals surface area contributed by atoms with Crippen molar-refractivity contribution < 1.29 is 4.74 Å². The first-order valence-electron chi connectivity index (χ1n) is 6.65. The Balaban J connectivity index is 2.43. The SMILES string of the molecule is COCCCNC(=S)N[C@@H](C)c1ccc(C)c(C)c1. The Morgan fingerprint density at radius 2 is 2.05 bits per heavy atom. The second kappa shape index (κ2) is 8.12. The second-order valence-electron chi connectivity index (χ2n) is 4.81. The zero-order chi connectivity index (χ0) is 14.3. The first-order chi connectivity index (χ1) is 9.04. The zero-order valence-corrected chi connectivity index (χ0v) is 13.1. The molecule has 1 rings (SSSR count). The van der Waals surface area contributed by atoms with Crippen molar-refractivity contribution in [2.24, 2.45) is 0 Å². The minimum atomic E-state index is 0.210. The van der Waals surface area contributed by atoms with Gasteiger partial charge in [0.2, 0.25) is 0 Å². The number of hydrogen-bond donors (Lipinski definition) is 2. The predicted molar refractivity (Wildman–Crippen MR) is 84.6 cm³/mol. The van der Waals surface area contributed by atoms with Crippen LogP contribution in [-0.4, -0.2) is 25.4 Å². The zero-order valence-electron chi connectivity index (χ0n) is 12.2. The van der Waals surface area contributed by atoms with Gasteiger partial charge in [0.1, 0.15) is 0 Å². The van der Waals surface area contributed by atoms with Gasteiger partial charge in [-0.25, -0.2) is 0 Å². The molecule has 0 amide bonds. The summed E-state index contributed by atoms with van der Waals surface area (Å²) in [5, 5.41) is 7.18. The molecular weight excluding hydrogens is 256 g/mol. The van der Waals surface area contributed by atoms with Crippen molar-refractivity contribution in [2.75, 3.05) is 20.3 Å². The third kappa shape index (κ3) is 5.57. The normalized spacial score (nSPS) is 12.0. The lowest BCUT2D eigenvalue weighted by Crippen LogP contribution is -2.37. The van der Waals surface area contributed by atoms with E-state index >= 15 is 0 Å². The van der Waals surface area contributed by atoms with Crippen LogP contribution < -0.4 is 10.6 Å². The summed E-state index contributed by atoms with van der Waals surface area (Å²) in [6.07, 6.45) is 0.955. The van der Waals surface area contributed by atoms with Crippen LogP contribution in [0.25, 0.3) is 0 Å². The van der Waals surface area contributed by atoms with Gasteiger partial charge < -0.3 is 15.4 Å². The standard InChI is InChI=1S/C15H24N2OS/c1-11-6-7-14(10-12(11)2)13(3)17-15(19)16-8-5-9-18-4/h6-7,10,13H,5,8-9H2,1-4H3,(H2,16,17,19)/t13-/m0/s1. The molecule has 0 radical (unpaired) electrons. The number of ether oxygens (including phenoxy) is 1. The Labute approximate surface area is 121 Å². The average molecular weight is 280 g/mol. The molecule has 0 unspecified atom stereocenters. The fourth-order valence-corrected chi connectivity index (χ4v) is 2.06. The first-order valence-corrected chi connectivity index (χ1v) is 7.06. The van der Waals surface area contributed by atoms with Gasteiger partial charge in [0.05, 0.1) is 6.04 Å². The van der Waals surface area contributed by atoms with Gasteiger partial charge >= 0.3 is 0 Å². The highest BCUT2D eigenvalue weighted by atomic mass is 32.1. The highest BCUT2D eigenvalue weighted by molar-refractivity contribution is 7.80. The maximum absolute atomic E-state index is 5.28. The Hall–Kier alpha value is -1.13. The van der Waals surface area contributed by atoms with Crippen molar-refractivity contribution in [1.29, 1.82) is 0 Å². The quantitative estimate of drug-likeness (QED) is 0.620. The molecule has 1 atom stereocenters. The highest BCUT2D eigenvalue weighted by Gasteiger charge is 2.07. The molecule has 0 bridgehead atoms. The molecule has 0 aromatic heterocycles. The van der Waals surface area contributed by atoms with Crippen LogP contribution >= 0.6 is 12.2 Å². The van der Waals surface area contributed by atoms with Crippen molar-refractivity contribution >= 4 is 17.3 Å². The number of rotatable bonds is 6. The molecule has 106 valence electrons. The van der Waals surface area contributed by atoms with Crippen molar-refractivity contribution in [3.8, 4) is 0 Å². The summed E-state index contributed by atoms with van der Waals surface area (Å²) >= 11 is 5.28. The molecule has 0 aliphatic rings. The number of benzene rings is 1. The molecule has 0 saturated carbocycles. The van der Waals surface area contributed by atoms with Crippen molar-refractivity contribution in [3.63, 3.8) is 0 Å². The Morgan fingerprint density at radius 1 is 1.32 bits per heavy atom. The lowest BCUT2D eigenvalue weighted by atomic mass is 10.0. The second-order valence-corrected chi connectivity index (χ2v) is 5.22. The van der Waals surface area contributed by atoms with Gasteiger partial charge in [-0.15, -0.1) is 0 Å². The van der Waals surface area contributed by atoms with Gasteiger partial charge in [-0.1, -0.05) is 18.2 Å². The molecule has 0 saturated heterocycles. The van der Waals surface area contributed by atoms with Crippen LogP contribution in [0.5, 0.6) is 0 Å². The number of nitrogens with one attached hydrogen (secondary N) is 2. The third-order valence-corrected chi connectivity index (χ3v) is 3.45. The third-order valence-electron chi connectivity index (χ3n) is 3.19. The van der Waals surface area contributed by atoms with Gasteiger partial charge in [-0.3, -0.25) is 0 Å². The summed E-state index contributed by atoms with van der Waals surface area (Å²) in [7, 11) is 1.71. The van der Waals surface area contributed by atoms with E-state index in [0.29, 0.717) is 5.11 Å². The fraction of sp³-hybridized carbons (Fsp3) is 0.533. The summed E-state index contributed by atoms with van der Waals surface area (Å²) < 4.78 is 4.99. The molecule has 0 aliphatic heterocycles. The molecule has 0 aliphatic carbocycles. The van der Waals surface area contributed by atoms with E-state index in [-0.39, 0.29) is 6.04 Å². The van der Waals surface area contributed by atoms with Crippen LogP contribution in [0.4, 0.5) is 0 Å². The molecule has 19 heavy (non-hydrogen) atoms. The van der Waals surface area contributed by atoms with E-state index in [0.717, 1.165) is 19.6 Å². The molecule has 1 aromatic carbocycles. The first kappa shape index (κ1) is 15.9. The molecule has 4 heteroatoms. The summed E-state index contributed by atoms with van der Waals surface area (Å²) in [6.45, 7) is 7.96. The summed E-state index contributed by atoms with van der Waals surface area (Å²) in [5.74, 6) is 0. The molecule has 0 fully saturated rings.